The number of benzene rings is 2. The van der Waals surface area contributed by atoms with Crippen molar-refractivity contribution in [3.8, 4) is 11.5 Å². The molecule has 0 unspecified atom stereocenters. The van der Waals surface area contributed by atoms with Crippen LogP contribution in [0.5, 0.6) is 11.5 Å². The smallest absolute Gasteiger partial charge is 0.260 e. The van der Waals surface area contributed by atoms with Crippen LogP contribution in [0, 0.1) is 6.92 Å². The van der Waals surface area contributed by atoms with Gasteiger partial charge in [0.1, 0.15) is 11.5 Å². The highest BCUT2D eigenvalue weighted by molar-refractivity contribution is 5.97. The molecule has 1 aliphatic rings. The molecule has 0 radical (unpaired) electrons. The summed E-state index contributed by atoms with van der Waals surface area (Å²) in [6.45, 7) is 9.69. The summed E-state index contributed by atoms with van der Waals surface area (Å²) in [5, 5.41) is 3.07. The number of piperidine rings is 1. The molecule has 172 valence electrons. The normalized spacial score (nSPS) is 14.7. The van der Waals surface area contributed by atoms with Crippen LogP contribution in [-0.2, 0) is 10.2 Å². The molecule has 1 N–H and O–H groups in total. The van der Waals surface area contributed by atoms with E-state index in [1.54, 1.807) is 19.2 Å². The van der Waals surface area contributed by atoms with Crippen molar-refractivity contribution >= 4 is 11.8 Å². The Bertz CT molecular complexity index is 957. The number of carbonyl (C=O) groups is 2. The molecular weight excluding hydrogens is 404 g/mol. The van der Waals surface area contributed by atoms with Gasteiger partial charge in [-0.2, -0.15) is 0 Å². The Morgan fingerprint density at radius 1 is 1.06 bits per heavy atom. The van der Waals surface area contributed by atoms with Crippen LogP contribution in [0.3, 0.4) is 0 Å². The monoisotopic (exact) mass is 438 g/mol. The number of methoxy groups -OCH3 is 1. The summed E-state index contributed by atoms with van der Waals surface area (Å²) in [5.41, 5.74) is 2.73. The van der Waals surface area contributed by atoms with Crippen LogP contribution < -0.4 is 14.8 Å². The van der Waals surface area contributed by atoms with Crippen molar-refractivity contribution in [2.24, 2.45) is 0 Å². The molecule has 0 atom stereocenters. The molecule has 0 spiro atoms. The van der Waals surface area contributed by atoms with Crippen LogP contribution in [0.2, 0.25) is 0 Å². The van der Waals surface area contributed by atoms with Gasteiger partial charge in [-0.15, -0.1) is 0 Å². The molecule has 2 aromatic rings. The number of hydrogen-bond acceptors (Lipinski definition) is 4. The van der Waals surface area contributed by atoms with E-state index < -0.39 is 0 Å². The minimum Gasteiger partial charge on any atom is -0.496 e. The number of hydrogen-bond donors (Lipinski definition) is 1. The molecule has 1 heterocycles. The van der Waals surface area contributed by atoms with Gasteiger partial charge in [-0.1, -0.05) is 50.6 Å². The van der Waals surface area contributed by atoms with E-state index in [9.17, 15) is 9.59 Å². The number of nitrogens with zero attached hydrogens (tertiary/aromatic N) is 1. The first-order valence-electron chi connectivity index (χ1n) is 11.1. The molecule has 0 aromatic heterocycles. The predicted molar refractivity (Wildman–Crippen MR) is 125 cm³/mol. The van der Waals surface area contributed by atoms with Crippen molar-refractivity contribution in [2.75, 3.05) is 26.8 Å². The van der Waals surface area contributed by atoms with Gasteiger partial charge in [-0.05, 0) is 48.9 Å². The van der Waals surface area contributed by atoms with Crippen molar-refractivity contribution < 1.29 is 19.1 Å². The molecule has 1 saturated heterocycles. The Labute approximate surface area is 190 Å². The number of nitrogens with one attached hydrogen (secondary N) is 1. The second-order valence-corrected chi connectivity index (χ2v) is 9.37. The highest BCUT2D eigenvalue weighted by atomic mass is 16.5. The molecule has 0 aliphatic carbocycles. The van der Waals surface area contributed by atoms with Crippen LogP contribution in [0.25, 0.3) is 0 Å². The Balaban J connectivity index is 1.52. The van der Waals surface area contributed by atoms with E-state index in [1.807, 2.05) is 29.2 Å². The summed E-state index contributed by atoms with van der Waals surface area (Å²) < 4.78 is 11.2. The maximum Gasteiger partial charge on any atom is 0.260 e. The lowest BCUT2D eigenvalue weighted by Crippen LogP contribution is -2.47. The molecule has 0 saturated carbocycles. The molecule has 3 rings (SSSR count). The van der Waals surface area contributed by atoms with Crippen LogP contribution >= 0.6 is 0 Å². The number of carbonyl (C=O) groups excluding carboxylic acids is 2. The summed E-state index contributed by atoms with van der Waals surface area (Å²) in [7, 11) is 1.55. The van der Waals surface area contributed by atoms with Crippen LogP contribution in [-0.4, -0.2) is 49.6 Å². The summed E-state index contributed by atoms with van der Waals surface area (Å²) in [4.78, 5) is 27.2. The van der Waals surface area contributed by atoms with E-state index in [0.29, 0.717) is 37.2 Å². The Morgan fingerprint density at radius 2 is 1.75 bits per heavy atom. The van der Waals surface area contributed by atoms with Gasteiger partial charge in [0.05, 0.1) is 12.7 Å². The zero-order valence-electron chi connectivity index (χ0n) is 19.7. The largest absolute Gasteiger partial charge is 0.496 e. The van der Waals surface area contributed by atoms with E-state index in [0.717, 1.165) is 11.3 Å². The van der Waals surface area contributed by atoms with Crippen molar-refractivity contribution in [3.05, 3.63) is 59.2 Å². The SMILES string of the molecule is COc1ccccc1C(=O)NC1CCN(C(=O)COc2ccc(C)cc2C(C)(C)C)CC1. The third-order valence-corrected chi connectivity index (χ3v) is 5.83. The first-order valence-corrected chi connectivity index (χ1v) is 11.1. The minimum absolute atomic E-state index is 0.0182. The van der Waals surface area contributed by atoms with Gasteiger partial charge in [-0.25, -0.2) is 0 Å². The van der Waals surface area contributed by atoms with Gasteiger partial charge in [-0.3, -0.25) is 9.59 Å². The fraction of sp³-hybridized carbons (Fsp3) is 0.462. The number of aryl methyl sites for hydroxylation is 1. The lowest BCUT2D eigenvalue weighted by atomic mass is 9.85. The summed E-state index contributed by atoms with van der Waals surface area (Å²) in [6, 6.07) is 13.3. The molecule has 6 heteroatoms. The fourth-order valence-corrected chi connectivity index (χ4v) is 3.96. The van der Waals surface area contributed by atoms with E-state index >= 15 is 0 Å². The van der Waals surface area contributed by atoms with Crippen molar-refractivity contribution in [1.82, 2.24) is 10.2 Å². The van der Waals surface area contributed by atoms with Gasteiger partial charge < -0.3 is 19.7 Å². The first kappa shape index (κ1) is 23.6. The second-order valence-electron chi connectivity index (χ2n) is 9.37. The van der Waals surface area contributed by atoms with Gasteiger partial charge >= 0.3 is 0 Å². The zero-order valence-corrected chi connectivity index (χ0v) is 19.7. The number of ether oxygens (including phenoxy) is 2. The second kappa shape index (κ2) is 10.1. The van der Waals surface area contributed by atoms with Crippen molar-refractivity contribution in [3.63, 3.8) is 0 Å². The van der Waals surface area contributed by atoms with Crippen molar-refractivity contribution in [1.29, 1.82) is 0 Å². The Hall–Kier alpha value is -3.02. The maximum atomic E-state index is 12.7. The molecule has 2 aromatic carbocycles. The van der Waals surface area contributed by atoms with Gasteiger partial charge in [0.15, 0.2) is 6.61 Å². The molecular formula is C26H34N2O4. The van der Waals surface area contributed by atoms with Crippen LogP contribution in [0.15, 0.2) is 42.5 Å². The Morgan fingerprint density at radius 3 is 2.41 bits per heavy atom. The van der Waals surface area contributed by atoms with E-state index in [2.05, 4.69) is 39.1 Å². The lowest BCUT2D eigenvalue weighted by molar-refractivity contribution is -0.134. The first-order chi connectivity index (χ1) is 15.2. The van der Waals surface area contributed by atoms with Gasteiger partial charge in [0, 0.05) is 19.1 Å². The number of amides is 2. The summed E-state index contributed by atoms with van der Waals surface area (Å²) >= 11 is 0. The highest BCUT2D eigenvalue weighted by Crippen LogP contribution is 2.32. The quantitative estimate of drug-likeness (QED) is 0.737. The summed E-state index contributed by atoms with van der Waals surface area (Å²) in [5.74, 6) is 1.14. The molecule has 0 bridgehead atoms. The number of likely N-dealkylation sites (tertiary alicyclic amines) is 1. The predicted octanol–water partition coefficient (Wildman–Crippen LogP) is 4.10. The van der Waals surface area contributed by atoms with Crippen LogP contribution in [0.4, 0.5) is 0 Å². The lowest BCUT2D eigenvalue weighted by Gasteiger charge is -2.32. The number of para-hydroxylation sites is 1. The number of rotatable bonds is 6. The van der Waals surface area contributed by atoms with Crippen LogP contribution in [0.1, 0.15) is 55.1 Å². The highest BCUT2D eigenvalue weighted by Gasteiger charge is 2.26. The topological polar surface area (TPSA) is 67.9 Å². The third kappa shape index (κ3) is 5.81. The summed E-state index contributed by atoms with van der Waals surface area (Å²) in [6.07, 6.45) is 1.43. The molecule has 1 aliphatic heterocycles. The van der Waals surface area contributed by atoms with E-state index in [-0.39, 0.29) is 29.9 Å². The molecule has 1 fully saturated rings. The average Bonchev–Trinajstić information content (AvgIpc) is 2.77. The molecule has 2 amide bonds. The molecule has 6 nitrogen and oxygen atoms in total. The standard InChI is InChI=1S/C26H34N2O4/c1-18-10-11-23(21(16-18)26(2,3)4)32-17-24(29)28-14-12-19(13-15-28)27-25(30)20-8-6-7-9-22(20)31-5/h6-11,16,19H,12-15,17H2,1-5H3,(H,27,30). The zero-order chi connectivity index (χ0) is 23.3. The fourth-order valence-electron chi connectivity index (χ4n) is 3.96. The van der Waals surface area contributed by atoms with E-state index in [1.165, 1.54) is 5.56 Å². The minimum atomic E-state index is -0.148. The third-order valence-electron chi connectivity index (χ3n) is 5.83. The van der Waals surface area contributed by atoms with E-state index in [4.69, 9.17) is 9.47 Å². The molecule has 32 heavy (non-hydrogen) atoms. The van der Waals surface area contributed by atoms with Gasteiger partial charge in [0.2, 0.25) is 0 Å². The van der Waals surface area contributed by atoms with Crippen molar-refractivity contribution in [2.45, 2.75) is 52.0 Å². The Kier molecular flexibility index (Phi) is 7.44. The average molecular weight is 439 g/mol. The maximum absolute atomic E-state index is 12.7. The van der Waals surface area contributed by atoms with Gasteiger partial charge in [0.25, 0.3) is 11.8 Å².